The molecule has 19 heavy (non-hydrogen) atoms. The van der Waals surface area contributed by atoms with E-state index in [4.69, 9.17) is 11.6 Å². The van der Waals surface area contributed by atoms with Crippen molar-refractivity contribution in [2.75, 3.05) is 6.54 Å². The Morgan fingerprint density at radius 1 is 1.32 bits per heavy atom. The average molecular weight is 284 g/mol. The van der Waals surface area contributed by atoms with Crippen LogP contribution in [-0.2, 0) is 0 Å². The maximum atomic E-state index is 14.2. The molecule has 0 saturated heterocycles. The fourth-order valence-electron chi connectivity index (χ4n) is 3.32. The second-order valence-corrected chi connectivity index (χ2v) is 6.31. The Balaban J connectivity index is 2.33. The Labute approximate surface area is 120 Å². The summed E-state index contributed by atoms with van der Waals surface area (Å²) in [7, 11) is 0. The van der Waals surface area contributed by atoms with Gasteiger partial charge in [0.25, 0.3) is 0 Å². The van der Waals surface area contributed by atoms with Crippen LogP contribution in [0.25, 0.3) is 0 Å². The van der Waals surface area contributed by atoms with Gasteiger partial charge in [-0.05, 0) is 36.9 Å². The van der Waals surface area contributed by atoms with E-state index in [9.17, 15) is 4.39 Å². The molecular formula is C16H23ClFN. The summed E-state index contributed by atoms with van der Waals surface area (Å²) in [4.78, 5) is 0. The summed E-state index contributed by atoms with van der Waals surface area (Å²) in [5.74, 6) is -0.190. The van der Waals surface area contributed by atoms with E-state index in [1.54, 1.807) is 6.07 Å². The third-order valence-electron chi connectivity index (χ3n) is 4.37. The van der Waals surface area contributed by atoms with Gasteiger partial charge in [0, 0.05) is 16.6 Å². The Kier molecular flexibility index (Phi) is 4.86. The molecule has 0 bridgehead atoms. The fourth-order valence-corrected chi connectivity index (χ4v) is 3.48. The molecule has 1 aliphatic carbocycles. The lowest BCUT2D eigenvalue weighted by Gasteiger charge is -2.41. The van der Waals surface area contributed by atoms with E-state index in [1.807, 2.05) is 6.07 Å². The molecule has 0 aliphatic heterocycles. The third-order valence-corrected chi connectivity index (χ3v) is 4.61. The van der Waals surface area contributed by atoms with Crippen LogP contribution in [0.3, 0.4) is 0 Å². The number of benzene rings is 1. The molecule has 1 nitrogen and oxygen atoms in total. The zero-order valence-corrected chi connectivity index (χ0v) is 12.6. The van der Waals surface area contributed by atoms with Crippen molar-refractivity contribution in [3.8, 4) is 0 Å². The molecular weight excluding hydrogens is 261 g/mol. The van der Waals surface area contributed by atoms with Crippen LogP contribution >= 0.6 is 11.6 Å². The number of hydrogen-bond acceptors (Lipinski definition) is 1. The Bertz CT molecular complexity index is 427. The number of halogens is 2. The van der Waals surface area contributed by atoms with Gasteiger partial charge in [-0.1, -0.05) is 50.8 Å². The molecule has 0 spiro atoms. The van der Waals surface area contributed by atoms with Gasteiger partial charge in [-0.2, -0.15) is 0 Å². The number of hydrogen-bond donors (Lipinski definition) is 1. The van der Waals surface area contributed by atoms with Gasteiger partial charge < -0.3 is 5.32 Å². The van der Waals surface area contributed by atoms with E-state index in [0.29, 0.717) is 5.02 Å². The van der Waals surface area contributed by atoms with Gasteiger partial charge in [-0.3, -0.25) is 0 Å². The van der Waals surface area contributed by atoms with E-state index < -0.39 is 0 Å². The zero-order valence-electron chi connectivity index (χ0n) is 11.8. The molecule has 106 valence electrons. The lowest BCUT2D eigenvalue weighted by molar-refractivity contribution is 0.143. The summed E-state index contributed by atoms with van der Waals surface area (Å²) < 4.78 is 14.2. The predicted molar refractivity (Wildman–Crippen MR) is 79.0 cm³/mol. The van der Waals surface area contributed by atoms with Crippen LogP contribution in [0.2, 0.25) is 5.02 Å². The predicted octanol–water partition coefficient (Wildman–Crippen LogP) is 5.10. The van der Waals surface area contributed by atoms with E-state index in [-0.39, 0.29) is 17.3 Å². The van der Waals surface area contributed by atoms with Crippen molar-refractivity contribution < 1.29 is 4.39 Å². The van der Waals surface area contributed by atoms with Crippen LogP contribution < -0.4 is 5.32 Å². The van der Waals surface area contributed by atoms with Crippen molar-refractivity contribution in [1.82, 2.24) is 5.32 Å². The smallest absolute Gasteiger partial charge is 0.129 e. The van der Waals surface area contributed by atoms with Gasteiger partial charge in [0.05, 0.1) is 0 Å². The van der Waals surface area contributed by atoms with Crippen LogP contribution in [0, 0.1) is 11.2 Å². The zero-order chi connectivity index (χ0) is 13.9. The number of rotatable bonds is 4. The summed E-state index contributed by atoms with van der Waals surface area (Å²) in [6, 6.07) is 5.13. The van der Waals surface area contributed by atoms with Gasteiger partial charge in [-0.15, -0.1) is 0 Å². The summed E-state index contributed by atoms with van der Waals surface area (Å²) in [6.45, 7) is 5.21. The molecule has 1 aromatic rings. The van der Waals surface area contributed by atoms with Crippen molar-refractivity contribution in [2.24, 2.45) is 5.41 Å². The fraction of sp³-hybridized carbons (Fsp3) is 0.625. The first kappa shape index (κ1) is 14.8. The van der Waals surface area contributed by atoms with Gasteiger partial charge >= 0.3 is 0 Å². The summed E-state index contributed by atoms with van der Waals surface area (Å²) in [5.41, 5.74) is 0.902. The maximum absolute atomic E-state index is 14.2. The van der Waals surface area contributed by atoms with Crippen LogP contribution in [0.15, 0.2) is 18.2 Å². The largest absolute Gasteiger partial charge is 0.310 e. The quantitative estimate of drug-likeness (QED) is 0.810. The van der Waals surface area contributed by atoms with Gasteiger partial charge in [-0.25, -0.2) is 4.39 Å². The van der Waals surface area contributed by atoms with Gasteiger partial charge in [0.2, 0.25) is 0 Å². The Morgan fingerprint density at radius 3 is 2.58 bits per heavy atom. The van der Waals surface area contributed by atoms with Crippen molar-refractivity contribution in [3.63, 3.8) is 0 Å². The Morgan fingerprint density at radius 2 is 2.00 bits per heavy atom. The molecule has 1 atom stereocenters. The SMILES string of the molecule is CCNC(c1ccc(Cl)cc1F)C1(C)CCCCC1. The number of nitrogens with one attached hydrogen (secondary N) is 1. The standard InChI is InChI=1S/C16H23ClFN/c1-3-19-15(16(2)9-5-4-6-10-16)13-8-7-12(17)11-14(13)18/h7-8,11,15,19H,3-6,9-10H2,1-2H3. The minimum atomic E-state index is -0.190. The van der Waals surface area contributed by atoms with Gasteiger partial charge in [0.1, 0.15) is 5.82 Å². The second-order valence-electron chi connectivity index (χ2n) is 5.87. The third kappa shape index (κ3) is 3.29. The highest BCUT2D eigenvalue weighted by Gasteiger charge is 2.37. The topological polar surface area (TPSA) is 12.0 Å². The molecule has 0 heterocycles. The lowest BCUT2D eigenvalue weighted by atomic mass is 9.68. The molecule has 1 aliphatic rings. The second kappa shape index (κ2) is 6.23. The molecule has 2 rings (SSSR count). The highest BCUT2D eigenvalue weighted by Crippen LogP contribution is 2.46. The van der Waals surface area contributed by atoms with E-state index >= 15 is 0 Å². The van der Waals surface area contributed by atoms with Crippen LogP contribution in [0.5, 0.6) is 0 Å². The molecule has 0 radical (unpaired) electrons. The van der Waals surface area contributed by atoms with Crippen molar-refractivity contribution in [1.29, 1.82) is 0 Å². The molecule has 1 unspecified atom stereocenters. The van der Waals surface area contributed by atoms with Crippen molar-refractivity contribution in [3.05, 3.63) is 34.6 Å². The minimum Gasteiger partial charge on any atom is -0.310 e. The summed E-state index contributed by atoms with van der Waals surface area (Å²) >= 11 is 5.86. The highest BCUT2D eigenvalue weighted by molar-refractivity contribution is 6.30. The normalized spacial score (nSPS) is 20.2. The molecule has 0 aromatic heterocycles. The lowest BCUT2D eigenvalue weighted by Crippen LogP contribution is -2.38. The summed E-state index contributed by atoms with van der Waals surface area (Å²) in [6.07, 6.45) is 6.11. The molecule has 1 saturated carbocycles. The maximum Gasteiger partial charge on any atom is 0.129 e. The first-order chi connectivity index (χ1) is 9.07. The van der Waals surface area contributed by atoms with Crippen molar-refractivity contribution in [2.45, 2.75) is 52.0 Å². The van der Waals surface area contributed by atoms with E-state index in [1.165, 1.54) is 25.3 Å². The van der Waals surface area contributed by atoms with E-state index in [2.05, 4.69) is 19.2 Å². The first-order valence-electron chi connectivity index (χ1n) is 7.25. The van der Waals surface area contributed by atoms with Gasteiger partial charge in [0.15, 0.2) is 0 Å². The first-order valence-corrected chi connectivity index (χ1v) is 7.63. The minimum absolute atomic E-state index is 0.0788. The molecule has 0 amide bonds. The van der Waals surface area contributed by atoms with E-state index in [0.717, 1.165) is 24.9 Å². The van der Waals surface area contributed by atoms with Crippen LogP contribution in [-0.4, -0.2) is 6.54 Å². The molecule has 3 heteroatoms. The Hall–Kier alpha value is -0.600. The average Bonchev–Trinajstić information content (AvgIpc) is 2.38. The monoisotopic (exact) mass is 283 g/mol. The van der Waals surface area contributed by atoms with Crippen molar-refractivity contribution >= 4 is 11.6 Å². The van der Waals surface area contributed by atoms with Crippen LogP contribution in [0.1, 0.15) is 57.6 Å². The molecule has 1 aromatic carbocycles. The van der Waals surface area contributed by atoms with Crippen LogP contribution in [0.4, 0.5) is 4.39 Å². The molecule has 1 N–H and O–H groups in total. The molecule has 1 fully saturated rings. The highest BCUT2D eigenvalue weighted by atomic mass is 35.5. The summed E-state index contributed by atoms with van der Waals surface area (Å²) in [5, 5.41) is 3.95.